The van der Waals surface area contributed by atoms with Gasteiger partial charge in [-0.3, -0.25) is 0 Å². The van der Waals surface area contributed by atoms with Crippen molar-refractivity contribution in [3.8, 4) is 11.8 Å². The van der Waals surface area contributed by atoms with E-state index in [0.29, 0.717) is 0 Å². The maximum Gasteiger partial charge on any atom is 0.131 e. The zero-order valence-corrected chi connectivity index (χ0v) is 7.99. The zero-order valence-electron chi connectivity index (χ0n) is 7.99. The fourth-order valence-corrected chi connectivity index (χ4v) is 0.919. The van der Waals surface area contributed by atoms with Crippen molar-refractivity contribution in [2.24, 2.45) is 5.73 Å². The van der Waals surface area contributed by atoms with Gasteiger partial charge in [-0.25, -0.2) is 4.68 Å². The quantitative estimate of drug-likeness (QED) is 0.666. The molecular formula is C9H14N4. The van der Waals surface area contributed by atoms with Crippen LogP contribution in [0.2, 0.25) is 0 Å². The summed E-state index contributed by atoms with van der Waals surface area (Å²) in [5.74, 6) is 5.81. The minimum atomic E-state index is -0.107. The van der Waals surface area contributed by atoms with Crippen LogP contribution in [0.1, 0.15) is 26.0 Å². The first-order chi connectivity index (χ1) is 6.24. The van der Waals surface area contributed by atoms with Crippen LogP contribution in [-0.4, -0.2) is 21.0 Å². The second kappa shape index (κ2) is 4.63. The zero-order chi connectivity index (χ0) is 9.68. The average molecular weight is 178 g/mol. The number of aromatic nitrogens is 3. The predicted octanol–water partition coefficient (Wildman–Crippen LogP) is 0.387. The summed E-state index contributed by atoms with van der Waals surface area (Å²) in [5.41, 5.74) is 6.34. The Labute approximate surface area is 78.1 Å². The Kier molecular flexibility index (Phi) is 3.47. The monoisotopic (exact) mass is 178 g/mol. The smallest absolute Gasteiger partial charge is 0.131 e. The van der Waals surface area contributed by atoms with Gasteiger partial charge < -0.3 is 5.73 Å². The summed E-state index contributed by atoms with van der Waals surface area (Å²) in [4.78, 5) is 0. The van der Waals surface area contributed by atoms with Gasteiger partial charge in [0.1, 0.15) is 5.69 Å². The largest absolute Gasteiger partial charge is 0.318 e. The molecule has 1 atom stereocenters. The van der Waals surface area contributed by atoms with Crippen molar-refractivity contribution in [2.75, 3.05) is 0 Å². The predicted molar refractivity (Wildman–Crippen MR) is 50.8 cm³/mol. The third-order valence-electron chi connectivity index (χ3n) is 1.48. The van der Waals surface area contributed by atoms with Crippen LogP contribution in [0.25, 0.3) is 0 Å². The Bertz CT molecular complexity index is 316. The SMILES string of the molecule is CCCn1nncc1C#CC(C)N. The lowest BCUT2D eigenvalue weighted by molar-refractivity contribution is 0.574. The molecule has 4 heteroatoms. The molecule has 0 saturated heterocycles. The molecule has 1 unspecified atom stereocenters. The summed E-state index contributed by atoms with van der Waals surface area (Å²) in [6.45, 7) is 4.79. The van der Waals surface area contributed by atoms with Crippen LogP contribution in [0.4, 0.5) is 0 Å². The molecule has 4 nitrogen and oxygen atoms in total. The number of aryl methyl sites for hydroxylation is 1. The van der Waals surface area contributed by atoms with Crippen molar-refractivity contribution in [2.45, 2.75) is 32.9 Å². The number of nitrogens with two attached hydrogens (primary N) is 1. The van der Waals surface area contributed by atoms with Gasteiger partial charge >= 0.3 is 0 Å². The molecule has 0 amide bonds. The van der Waals surface area contributed by atoms with E-state index in [9.17, 15) is 0 Å². The van der Waals surface area contributed by atoms with Gasteiger partial charge in [0.15, 0.2) is 0 Å². The van der Waals surface area contributed by atoms with Gasteiger partial charge in [-0.15, -0.1) is 5.10 Å². The van der Waals surface area contributed by atoms with Crippen LogP contribution in [0, 0.1) is 11.8 Å². The summed E-state index contributed by atoms with van der Waals surface area (Å²) in [6, 6.07) is -0.107. The molecule has 0 fully saturated rings. The number of hydrogen-bond donors (Lipinski definition) is 1. The highest BCUT2D eigenvalue weighted by Gasteiger charge is 1.97. The van der Waals surface area contributed by atoms with Crippen LogP contribution in [0.15, 0.2) is 6.20 Å². The van der Waals surface area contributed by atoms with Crippen molar-refractivity contribution >= 4 is 0 Å². The van der Waals surface area contributed by atoms with Gasteiger partial charge in [0, 0.05) is 6.54 Å². The van der Waals surface area contributed by atoms with Crippen LogP contribution in [0.3, 0.4) is 0 Å². The molecule has 0 aliphatic rings. The molecule has 0 aliphatic heterocycles. The van der Waals surface area contributed by atoms with Crippen LogP contribution in [0.5, 0.6) is 0 Å². The lowest BCUT2D eigenvalue weighted by Crippen LogP contribution is -2.11. The first-order valence-electron chi connectivity index (χ1n) is 4.39. The molecule has 1 rings (SSSR count). The van der Waals surface area contributed by atoms with E-state index >= 15 is 0 Å². The molecule has 1 aromatic rings. The molecular weight excluding hydrogens is 164 g/mol. The molecule has 0 radical (unpaired) electrons. The third kappa shape index (κ3) is 2.88. The van der Waals surface area contributed by atoms with Gasteiger partial charge in [0.05, 0.1) is 12.2 Å². The molecule has 0 aromatic carbocycles. The maximum atomic E-state index is 5.51. The molecule has 1 heterocycles. The minimum absolute atomic E-state index is 0.107. The lowest BCUT2D eigenvalue weighted by atomic mass is 10.3. The van der Waals surface area contributed by atoms with Gasteiger partial charge in [-0.05, 0) is 19.3 Å². The molecule has 2 N–H and O–H groups in total. The highest BCUT2D eigenvalue weighted by Crippen LogP contribution is 1.95. The number of nitrogens with zero attached hydrogens (tertiary/aromatic N) is 3. The van der Waals surface area contributed by atoms with E-state index in [1.54, 1.807) is 10.9 Å². The van der Waals surface area contributed by atoms with E-state index in [1.807, 2.05) is 6.92 Å². The highest BCUT2D eigenvalue weighted by atomic mass is 15.4. The Morgan fingerprint density at radius 1 is 1.69 bits per heavy atom. The van der Waals surface area contributed by atoms with E-state index in [-0.39, 0.29) is 6.04 Å². The summed E-state index contributed by atoms with van der Waals surface area (Å²) in [5, 5.41) is 7.70. The van der Waals surface area contributed by atoms with Crippen molar-refractivity contribution in [1.82, 2.24) is 15.0 Å². The van der Waals surface area contributed by atoms with Crippen LogP contribution >= 0.6 is 0 Å². The second-order valence-corrected chi connectivity index (χ2v) is 2.90. The van der Waals surface area contributed by atoms with E-state index < -0.39 is 0 Å². The molecule has 70 valence electrons. The Hall–Kier alpha value is -1.34. The lowest BCUT2D eigenvalue weighted by Gasteiger charge is -1.97. The molecule has 0 spiro atoms. The van der Waals surface area contributed by atoms with Gasteiger partial charge in [-0.2, -0.15) is 0 Å². The average Bonchev–Trinajstić information content (AvgIpc) is 2.49. The topological polar surface area (TPSA) is 56.7 Å². The summed E-state index contributed by atoms with van der Waals surface area (Å²) < 4.78 is 1.79. The molecule has 0 bridgehead atoms. The van der Waals surface area contributed by atoms with Gasteiger partial charge in [0.2, 0.25) is 0 Å². The molecule has 0 aliphatic carbocycles. The van der Waals surface area contributed by atoms with Crippen molar-refractivity contribution < 1.29 is 0 Å². The van der Waals surface area contributed by atoms with E-state index in [1.165, 1.54) is 0 Å². The second-order valence-electron chi connectivity index (χ2n) is 2.90. The Morgan fingerprint density at radius 3 is 3.08 bits per heavy atom. The van der Waals surface area contributed by atoms with E-state index in [0.717, 1.165) is 18.7 Å². The van der Waals surface area contributed by atoms with Gasteiger partial charge in [-0.1, -0.05) is 18.1 Å². The van der Waals surface area contributed by atoms with Crippen molar-refractivity contribution in [3.63, 3.8) is 0 Å². The number of rotatable bonds is 2. The summed E-state index contributed by atoms with van der Waals surface area (Å²) in [7, 11) is 0. The Balaban J connectivity index is 2.77. The highest BCUT2D eigenvalue weighted by molar-refractivity contribution is 5.26. The fourth-order valence-electron chi connectivity index (χ4n) is 0.919. The fraction of sp³-hybridized carbons (Fsp3) is 0.556. The third-order valence-corrected chi connectivity index (χ3v) is 1.48. The first-order valence-corrected chi connectivity index (χ1v) is 4.39. The maximum absolute atomic E-state index is 5.51. The van der Waals surface area contributed by atoms with Crippen molar-refractivity contribution in [3.05, 3.63) is 11.9 Å². The van der Waals surface area contributed by atoms with Crippen molar-refractivity contribution in [1.29, 1.82) is 0 Å². The summed E-state index contributed by atoms with van der Waals surface area (Å²) in [6.07, 6.45) is 2.68. The molecule has 0 saturated carbocycles. The Morgan fingerprint density at radius 2 is 2.46 bits per heavy atom. The van der Waals surface area contributed by atoms with Crippen LogP contribution in [-0.2, 0) is 6.54 Å². The van der Waals surface area contributed by atoms with Crippen LogP contribution < -0.4 is 5.73 Å². The first kappa shape index (κ1) is 9.75. The standard InChI is InChI=1S/C9H14N4/c1-3-6-13-9(7-11-12-13)5-4-8(2)10/h7-8H,3,6,10H2,1-2H3. The number of hydrogen-bond acceptors (Lipinski definition) is 3. The molecule has 13 heavy (non-hydrogen) atoms. The normalized spacial score (nSPS) is 11.9. The van der Waals surface area contributed by atoms with Gasteiger partial charge in [0.25, 0.3) is 0 Å². The molecule has 1 aromatic heterocycles. The van der Waals surface area contributed by atoms with E-state index in [2.05, 4.69) is 29.1 Å². The summed E-state index contributed by atoms with van der Waals surface area (Å²) >= 11 is 0. The van der Waals surface area contributed by atoms with E-state index in [4.69, 9.17) is 5.73 Å². The minimum Gasteiger partial charge on any atom is -0.318 e.